The lowest BCUT2D eigenvalue weighted by atomic mass is 9.94. The van der Waals surface area contributed by atoms with Crippen molar-refractivity contribution in [2.75, 3.05) is 17.6 Å². The zero-order valence-corrected chi connectivity index (χ0v) is 17.1. The van der Waals surface area contributed by atoms with Crippen LogP contribution >= 0.6 is 0 Å². The molecule has 1 unspecified atom stereocenters. The van der Waals surface area contributed by atoms with Gasteiger partial charge in [0.2, 0.25) is 5.91 Å². The molecule has 0 fully saturated rings. The number of anilines is 2. The van der Waals surface area contributed by atoms with Crippen molar-refractivity contribution in [3.8, 4) is 11.5 Å². The summed E-state index contributed by atoms with van der Waals surface area (Å²) in [5.74, 6) is -0.410. The van der Waals surface area contributed by atoms with E-state index in [1.807, 2.05) is 24.3 Å². The normalized spacial score (nSPS) is 15.0. The average Bonchev–Trinajstić information content (AvgIpc) is 2.80. The molecule has 9 nitrogen and oxygen atoms in total. The summed E-state index contributed by atoms with van der Waals surface area (Å²) in [6.07, 6.45) is 2.58. The number of amides is 1. The minimum atomic E-state index is -0.350. The van der Waals surface area contributed by atoms with E-state index < -0.39 is 0 Å². The molecule has 4 rings (SSSR count). The van der Waals surface area contributed by atoms with Crippen molar-refractivity contribution in [2.45, 2.75) is 12.6 Å². The van der Waals surface area contributed by atoms with E-state index in [0.717, 1.165) is 11.1 Å². The van der Waals surface area contributed by atoms with Gasteiger partial charge in [-0.1, -0.05) is 30.8 Å². The Hall–Kier alpha value is -4.40. The summed E-state index contributed by atoms with van der Waals surface area (Å²) >= 11 is 0. The highest BCUT2D eigenvalue weighted by Gasteiger charge is 2.28. The summed E-state index contributed by atoms with van der Waals surface area (Å²) in [6, 6.07) is 11.5. The fraction of sp³-hybridized carbons (Fsp3) is 0.130. The number of nitrogens with zero attached hydrogens (tertiary/aromatic N) is 3. The van der Waals surface area contributed by atoms with Crippen LogP contribution < -0.4 is 11.1 Å². The molecule has 32 heavy (non-hydrogen) atoms. The van der Waals surface area contributed by atoms with Gasteiger partial charge in [-0.05, 0) is 35.4 Å². The predicted octanol–water partition coefficient (Wildman–Crippen LogP) is 2.57. The van der Waals surface area contributed by atoms with Gasteiger partial charge in [-0.15, -0.1) is 0 Å². The van der Waals surface area contributed by atoms with Gasteiger partial charge in [-0.3, -0.25) is 10.2 Å². The van der Waals surface area contributed by atoms with E-state index in [4.69, 9.17) is 11.1 Å². The number of nitrogen functional groups attached to an aromatic ring is 1. The topological polar surface area (TPSA) is 148 Å². The van der Waals surface area contributed by atoms with Gasteiger partial charge in [0.1, 0.15) is 18.0 Å². The number of aromatic hydroxyl groups is 2. The van der Waals surface area contributed by atoms with Crippen molar-refractivity contribution >= 4 is 23.3 Å². The SMILES string of the molecule is C=CC(=O)N1Cc2ccccc2C(Nc2ncnc(N)c2C(=N)c2ccc(O)c(O)c2)C1. The molecule has 1 atom stereocenters. The van der Waals surface area contributed by atoms with Crippen LogP contribution in [0.4, 0.5) is 11.6 Å². The first-order chi connectivity index (χ1) is 15.4. The Kier molecular flexibility index (Phi) is 5.46. The second kappa shape index (κ2) is 8.38. The Balaban J connectivity index is 1.73. The van der Waals surface area contributed by atoms with Gasteiger partial charge >= 0.3 is 0 Å². The first-order valence-corrected chi connectivity index (χ1v) is 9.86. The Bertz CT molecular complexity index is 1230. The molecular weight excluding hydrogens is 408 g/mol. The molecule has 162 valence electrons. The molecule has 1 aromatic heterocycles. The number of hydrogen-bond acceptors (Lipinski definition) is 8. The average molecular weight is 430 g/mol. The standard InChI is InChI=1S/C23H22N6O3/c1-2-19(32)29-10-14-5-3-4-6-15(14)16(11-29)28-23-20(22(25)26-12-27-23)21(24)13-7-8-17(30)18(31)9-13/h2-9,12,16,24,30-31H,1,10-11H2,(H3,25,26,27,28). The lowest BCUT2D eigenvalue weighted by Gasteiger charge is -2.35. The molecule has 1 aliphatic rings. The minimum absolute atomic E-state index is 0.0241. The molecule has 2 aromatic carbocycles. The van der Waals surface area contributed by atoms with Crippen LogP contribution in [0.15, 0.2) is 61.4 Å². The molecule has 3 aromatic rings. The second-order valence-corrected chi connectivity index (χ2v) is 7.38. The summed E-state index contributed by atoms with van der Waals surface area (Å²) in [4.78, 5) is 22.3. The van der Waals surface area contributed by atoms with Crippen LogP contribution in [0, 0.1) is 5.41 Å². The quantitative estimate of drug-likeness (QED) is 0.237. The molecule has 1 amide bonds. The van der Waals surface area contributed by atoms with Crippen LogP contribution in [-0.2, 0) is 11.3 Å². The van der Waals surface area contributed by atoms with E-state index in [1.165, 1.54) is 30.6 Å². The van der Waals surface area contributed by atoms with Gasteiger partial charge in [0.05, 0.1) is 17.3 Å². The van der Waals surface area contributed by atoms with E-state index in [1.54, 1.807) is 4.90 Å². The van der Waals surface area contributed by atoms with Crippen molar-refractivity contribution in [3.63, 3.8) is 0 Å². The first-order valence-electron chi connectivity index (χ1n) is 9.86. The number of hydrogen-bond donors (Lipinski definition) is 5. The van der Waals surface area contributed by atoms with Crippen molar-refractivity contribution < 1.29 is 15.0 Å². The fourth-order valence-corrected chi connectivity index (χ4v) is 3.77. The van der Waals surface area contributed by atoms with Crippen molar-refractivity contribution in [1.29, 1.82) is 5.41 Å². The molecule has 0 saturated heterocycles. The molecule has 2 heterocycles. The van der Waals surface area contributed by atoms with Crippen LogP contribution in [-0.4, -0.2) is 43.2 Å². The number of aromatic nitrogens is 2. The predicted molar refractivity (Wildman–Crippen MR) is 121 cm³/mol. The summed E-state index contributed by atoms with van der Waals surface area (Å²) in [7, 11) is 0. The Labute approximate surface area is 184 Å². The summed E-state index contributed by atoms with van der Waals surface area (Å²) in [5.41, 5.74) is 8.67. The number of nitrogens with one attached hydrogen (secondary N) is 2. The molecule has 0 bridgehead atoms. The highest BCUT2D eigenvalue weighted by atomic mass is 16.3. The van der Waals surface area contributed by atoms with Crippen molar-refractivity contribution in [2.24, 2.45) is 0 Å². The zero-order valence-electron chi connectivity index (χ0n) is 17.1. The van der Waals surface area contributed by atoms with Gasteiger partial charge in [0.15, 0.2) is 11.5 Å². The number of rotatable bonds is 5. The van der Waals surface area contributed by atoms with E-state index in [2.05, 4.69) is 21.9 Å². The van der Waals surface area contributed by atoms with Gasteiger partial charge < -0.3 is 26.2 Å². The summed E-state index contributed by atoms with van der Waals surface area (Å²) in [6.45, 7) is 4.43. The minimum Gasteiger partial charge on any atom is -0.504 e. The van der Waals surface area contributed by atoms with Crippen molar-refractivity contribution in [3.05, 3.63) is 83.7 Å². The third-order valence-corrected chi connectivity index (χ3v) is 5.38. The number of fused-ring (bicyclic) bond motifs is 1. The van der Waals surface area contributed by atoms with E-state index in [-0.39, 0.29) is 40.5 Å². The molecular formula is C23H22N6O3. The number of phenolic OH excluding ortho intramolecular Hbond substituents is 2. The second-order valence-electron chi connectivity index (χ2n) is 7.38. The highest BCUT2D eigenvalue weighted by molar-refractivity contribution is 6.16. The van der Waals surface area contributed by atoms with Gasteiger partial charge in [-0.25, -0.2) is 9.97 Å². The molecule has 0 aliphatic carbocycles. The van der Waals surface area contributed by atoms with Crippen LogP contribution in [0.2, 0.25) is 0 Å². The van der Waals surface area contributed by atoms with Gasteiger partial charge in [0.25, 0.3) is 0 Å². The van der Waals surface area contributed by atoms with Gasteiger partial charge in [-0.2, -0.15) is 0 Å². The lowest BCUT2D eigenvalue weighted by molar-refractivity contribution is -0.127. The maximum atomic E-state index is 12.3. The molecule has 0 radical (unpaired) electrons. The number of carbonyl (C=O) groups is 1. The molecule has 9 heteroatoms. The first kappa shape index (κ1) is 20.9. The third-order valence-electron chi connectivity index (χ3n) is 5.38. The van der Waals surface area contributed by atoms with Crippen LogP contribution in [0.5, 0.6) is 11.5 Å². The smallest absolute Gasteiger partial charge is 0.246 e. The Morgan fingerprint density at radius 2 is 2.00 bits per heavy atom. The van der Waals surface area contributed by atoms with Crippen molar-refractivity contribution in [1.82, 2.24) is 14.9 Å². The van der Waals surface area contributed by atoms with E-state index in [0.29, 0.717) is 24.5 Å². The summed E-state index contributed by atoms with van der Waals surface area (Å²) < 4.78 is 0. The lowest BCUT2D eigenvalue weighted by Crippen LogP contribution is -2.40. The molecule has 1 aliphatic heterocycles. The van der Waals surface area contributed by atoms with Crippen LogP contribution in [0.3, 0.4) is 0 Å². The summed E-state index contributed by atoms with van der Waals surface area (Å²) in [5, 5.41) is 31.4. The van der Waals surface area contributed by atoms with E-state index in [9.17, 15) is 15.0 Å². The van der Waals surface area contributed by atoms with Crippen LogP contribution in [0.25, 0.3) is 0 Å². The zero-order chi connectivity index (χ0) is 22.8. The van der Waals surface area contributed by atoms with Crippen LogP contribution in [0.1, 0.15) is 28.3 Å². The Morgan fingerprint density at radius 1 is 1.22 bits per heavy atom. The monoisotopic (exact) mass is 430 g/mol. The highest BCUT2D eigenvalue weighted by Crippen LogP contribution is 2.32. The Morgan fingerprint density at radius 3 is 2.75 bits per heavy atom. The maximum Gasteiger partial charge on any atom is 0.246 e. The molecule has 6 N–H and O–H groups in total. The number of phenols is 2. The van der Waals surface area contributed by atoms with Gasteiger partial charge in [0, 0.05) is 18.7 Å². The number of benzene rings is 2. The van der Waals surface area contributed by atoms with E-state index >= 15 is 0 Å². The third kappa shape index (κ3) is 3.83. The molecule has 0 saturated carbocycles. The number of carbonyl (C=O) groups excluding carboxylic acids is 1. The largest absolute Gasteiger partial charge is 0.504 e. The fourth-order valence-electron chi connectivity index (χ4n) is 3.77. The maximum absolute atomic E-state index is 12.3. The number of nitrogens with two attached hydrogens (primary N) is 1. The molecule has 0 spiro atoms.